The van der Waals surface area contributed by atoms with Gasteiger partial charge in [-0.25, -0.2) is 0 Å². The van der Waals surface area contributed by atoms with Crippen LogP contribution < -0.4 is 0 Å². The fraction of sp³-hybridized carbons (Fsp3) is 0.0833. The molecule has 17 heavy (non-hydrogen) atoms. The van der Waals surface area contributed by atoms with Gasteiger partial charge in [-0.3, -0.25) is 4.79 Å². The number of benzene rings is 1. The van der Waals surface area contributed by atoms with E-state index in [2.05, 4.69) is 31.9 Å². The Bertz CT molecular complexity index is 548. The second-order valence-corrected chi connectivity index (χ2v) is 6.42. The van der Waals surface area contributed by atoms with Crippen molar-refractivity contribution in [2.75, 3.05) is 0 Å². The number of ketones is 1. The highest BCUT2D eigenvalue weighted by Gasteiger charge is 2.15. The minimum absolute atomic E-state index is 0.106. The molecule has 1 aromatic carbocycles. The van der Waals surface area contributed by atoms with Crippen molar-refractivity contribution >= 4 is 60.6 Å². The van der Waals surface area contributed by atoms with E-state index in [0.717, 1.165) is 19.4 Å². The van der Waals surface area contributed by atoms with Gasteiger partial charge in [-0.2, -0.15) is 0 Å². The van der Waals surface area contributed by atoms with Crippen LogP contribution in [0.4, 0.5) is 0 Å². The molecule has 0 spiro atoms. The van der Waals surface area contributed by atoms with Crippen molar-refractivity contribution in [2.24, 2.45) is 0 Å². The van der Waals surface area contributed by atoms with Gasteiger partial charge in [0.05, 0.1) is 9.35 Å². The Hall–Kier alpha value is -0.160. The lowest BCUT2D eigenvalue weighted by molar-refractivity contribution is 0.0996. The van der Waals surface area contributed by atoms with Crippen LogP contribution in [0.15, 0.2) is 38.6 Å². The number of carbonyl (C=O) groups is 1. The number of carbonyl (C=O) groups excluding carboxylic acids is 1. The van der Waals surface area contributed by atoms with Crippen molar-refractivity contribution < 1.29 is 4.79 Å². The van der Waals surface area contributed by atoms with Crippen LogP contribution >= 0.6 is 54.8 Å². The lowest BCUT2D eigenvalue weighted by atomic mass is 10.1. The standard InChI is InChI=1S/C12H7Br2ClOS/c13-9-6-17-12(11(9)14)10(16)5-7-1-3-8(15)4-2-7/h1-4,6H,5H2. The number of thiophene rings is 1. The molecule has 0 aliphatic carbocycles. The van der Waals surface area contributed by atoms with Gasteiger partial charge in [0.1, 0.15) is 0 Å². The summed E-state index contributed by atoms with van der Waals surface area (Å²) in [6, 6.07) is 7.33. The van der Waals surface area contributed by atoms with Crippen LogP contribution in [0.3, 0.4) is 0 Å². The summed E-state index contributed by atoms with van der Waals surface area (Å²) in [4.78, 5) is 12.8. The zero-order chi connectivity index (χ0) is 12.4. The third kappa shape index (κ3) is 3.19. The molecule has 0 saturated carbocycles. The van der Waals surface area contributed by atoms with E-state index in [1.807, 2.05) is 17.5 Å². The zero-order valence-corrected chi connectivity index (χ0v) is 13.3. The minimum atomic E-state index is 0.106. The van der Waals surface area contributed by atoms with Crippen LogP contribution in [-0.4, -0.2) is 5.78 Å². The fourth-order valence-electron chi connectivity index (χ4n) is 1.38. The van der Waals surface area contributed by atoms with Crippen molar-refractivity contribution in [3.63, 3.8) is 0 Å². The predicted molar refractivity (Wildman–Crippen MR) is 79.2 cm³/mol. The Morgan fingerprint density at radius 2 is 1.88 bits per heavy atom. The van der Waals surface area contributed by atoms with E-state index < -0.39 is 0 Å². The van der Waals surface area contributed by atoms with Crippen molar-refractivity contribution in [2.45, 2.75) is 6.42 Å². The molecule has 2 rings (SSSR count). The van der Waals surface area contributed by atoms with Gasteiger partial charge in [0.2, 0.25) is 0 Å². The maximum Gasteiger partial charge on any atom is 0.178 e. The van der Waals surface area contributed by atoms with E-state index in [9.17, 15) is 4.79 Å². The second kappa shape index (κ2) is 5.65. The molecule has 1 aromatic heterocycles. The maximum absolute atomic E-state index is 12.1. The number of Topliss-reactive ketones (excluding diaryl/α,β-unsaturated/α-hetero) is 1. The molecule has 0 bridgehead atoms. The molecule has 2 aromatic rings. The molecule has 0 N–H and O–H groups in total. The lowest BCUT2D eigenvalue weighted by Crippen LogP contribution is -2.01. The first-order valence-electron chi connectivity index (χ1n) is 4.78. The summed E-state index contributed by atoms with van der Waals surface area (Å²) in [6.45, 7) is 0. The van der Waals surface area contributed by atoms with Crippen molar-refractivity contribution in [3.05, 3.63) is 54.1 Å². The summed E-state index contributed by atoms with van der Waals surface area (Å²) >= 11 is 14.0. The van der Waals surface area contributed by atoms with Gasteiger partial charge in [-0.15, -0.1) is 11.3 Å². The third-order valence-corrected chi connectivity index (χ3v) is 6.04. The van der Waals surface area contributed by atoms with E-state index in [0.29, 0.717) is 11.4 Å². The Balaban J connectivity index is 2.17. The second-order valence-electron chi connectivity index (χ2n) is 3.45. The quantitative estimate of drug-likeness (QED) is 0.641. The van der Waals surface area contributed by atoms with E-state index in [-0.39, 0.29) is 5.78 Å². The van der Waals surface area contributed by atoms with Crippen molar-refractivity contribution in [3.8, 4) is 0 Å². The van der Waals surface area contributed by atoms with Crippen molar-refractivity contribution in [1.82, 2.24) is 0 Å². The molecule has 1 heterocycles. The highest BCUT2D eigenvalue weighted by Crippen LogP contribution is 2.33. The number of rotatable bonds is 3. The van der Waals surface area contributed by atoms with Gasteiger partial charge in [0, 0.05) is 21.3 Å². The first-order chi connectivity index (χ1) is 8.08. The molecule has 0 saturated heterocycles. The summed E-state index contributed by atoms with van der Waals surface area (Å²) < 4.78 is 1.75. The Labute approximate surface area is 125 Å². The molecule has 0 amide bonds. The van der Waals surface area contributed by atoms with Crippen LogP contribution in [0.2, 0.25) is 5.02 Å². The van der Waals surface area contributed by atoms with Crippen LogP contribution in [-0.2, 0) is 6.42 Å². The molecule has 88 valence electrons. The molecule has 1 nitrogen and oxygen atoms in total. The molecule has 0 aliphatic rings. The van der Waals surface area contributed by atoms with E-state index in [1.54, 1.807) is 12.1 Å². The summed E-state index contributed by atoms with van der Waals surface area (Å²) in [5, 5.41) is 2.58. The average molecular weight is 395 g/mol. The molecule has 0 aliphatic heterocycles. The van der Waals surface area contributed by atoms with E-state index in [1.165, 1.54) is 11.3 Å². The van der Waals surface area contributed by atoms with Crippen LogP contribution in [0.1, 0.15) is 15.2 Å². The molecule has 0 atom stereocenters. The van der Waals surface area contributed by atoms with Gasteiger partial charge < -0.3 is 0 Å². The molecule has 5 heteroatoms. The van der Waals surface area contributed by atoms with Crippen LogP contribution in [0.25, 0.3) is 0 Å². The molecular weight excluding hydrogens is 387 g/mol. The molecule has 0 radical (unpaired) electrons. The number of halogens is 3. The number of hydrogen-bond donors (Lipinski definition) is 0. The Morgan fingerprint density at radius 1 is 1.24 bits per heavy atom. The topological polar surface area (TPSA) is 17.1 Å². The largest absolute Gasteiger partial charge is 0.293 e. The lowest BCUT2D eigenvalue weighted by Gasteiger charge is -2.00. The van der Waals surface area contributed by atoms with Crippen molar-refractivity contribution in [1.29, 1.82) is 0 Å². The van der Waals surface area contributed by atoms with Crippen LogP contribution in [0, 0.1) is 0 Å². The fourth-order valence-corrected chi connectivity index (χ4v) is 3.64. The highest BCUT2D eigenvalue weighted by molar-refractivity contribution is 9.13. The summed E-state index contributed by atoms with van der Waals surface area (Å²) in [5.41, 5.74) is 0.968. The number of hydrogen-bond acceptors (Lipinski definition) is 2. The Kier molecular flexibility index (Phi) is 4.42. The monoisotopic (exact) mass is 392 g/mol. The van der Waals surface area contributed by atoms with Gasteiger partial charge in [0.25, 0.3) is 0 Å². The smallest absolute Gasteiger partial charge is 0.178 e. The summed E-state index contributed by atoms with van der Waals surface area (Å²) in [6.07, 6.45) is 0.392. The third-order valence-electron chi connectivity index (χ3n) is 2.22. The Morgan fingerprint density at radius 3 is 2.41 bits per heavy atom. The normalized spacial score (nSPS) is 10.5. The molecular formula is C12H7Br2ClOS. The zero-order valence-electron chi connectivity index (χ0n) is 8.54. The van der Waals surface area contributed by atoms with E-state index in [4.69, 9.17) is 11.6 Å². The first-order valence-corrected chi connectivity index (χ1v) is 7.62. The highest BCUT2D eigenvalue weighted by atomic mass is 79.9. The summed E-state index contributed by atoms with van der Waals surface area (Å²) in [5.74, 6) is 0.106. The van der Waals surface area contributed by atoms with Gasteiger partial charge >= 0.3 is 0 Å². The first kappa shape index (κ1) is 13.3. The van der Waals surface area contributed by atoms with Gasteiger partial charge in [-0.05, 0) is 49.6 Å². The predicted octanol–water partition coefficient (Wildman–Crippen LogP) is 5.35. The molecule has 0 fully saturated rings. The van der Waals surface area contributed by atoms with Gasteiger partial charge in [0.15, 0.2) is 5.78 Å². The van der Waals surface area contributed by atoms with Crippen LogP contribution in [0.5, 0.6) is 0 Å². The SMILES string of the molecule is O=C(Cc1ccc(Cl)cc1)c1scc(Br)c1Br. The van der Waals surface area contributed by atoms with E-state index >= 15 is 0 Å². The average Bonchev–Trinajstić information content (AvgIpc) is 2.63. The van der Waals surface area contributed by atoms with Gasteiger partial charge in [-0.1, -0.05) is 23.7 Å². The minimum Gasteiger partial charge on any atom is -0.293 e. The summed E-state index contributed by atoms with van der Waals surface area (Å²) in [7, 11) is 0. The molecule has 0 unspecified atom stereocenters. The maximum atomic E-state index is 12.1.